The molecule has 43 heavy (non-hydrogen) atoms. The lowest BCUT2D eigenvalue weighted by molar-refractivity contribution is 0.134. The van der Waals surface area contributed by atoms with Crippen LogP contribution in [-0.2, 0) is 7.05 Å². The highest BCUT2D eigenvalue weighted by molar-refractivity contribution is 7.99. The Morgan fingerprint density at radius 3 is 2.56 bits per heavy atom. The molecule has 0 spiro atoms. The number of fused-ring (bicyclic) bond motifs is 1. The molecule has 0 aliphatic carbocycles. The summed E-state index contributed by atoms with van der Waals surface area (Å²) in [6, 6.07) is 12.3. The summed E-state index contributed by atoms with van der Waals surface area (Å²) in [4.78, 5) is 17.2. The van der Waals surface area contributed by atoms with Gasteiger partial charge >= 0.3 is 0 Å². The average Bonchev–Trinajstić information content (AvgIpc) is 3.43. The third-order valence-corrected chi connectivity index (χ3v) is 9.78. The van der Waals surface area contributed by atoms with Crippen molar-refractivity contribution in [3.8, 4) is 11.8 Å². The van der Waals surface area contributed by atoms with E-state index in [4.69, 9.17) is 21.3 Å². The van der Waals surface area contributed by atoms with Crippen molar-refractivity contribution in [1.29, 1.82) is 5.26 Å². The van der Waals surface area contributed by atoms with Crippen LogP contribution in [0.4, 0.5) is 17.1 Å². The maximum absolute atomic E-state index is 10.0. The maximum atomic E-state index is 10.0. The Labute approximate surface area is 262 Å². The highest BCUT2D eigenvalue weighted by atomic mass is 35.5. The van der Waals surface area contributed by atoms with Gasteiger partial charge in [-0.15, -0.1) is 0 Å². The number of nitrogens with one attached hydrogen (secondary N) is 1. The zero-order chi connectivity index (χ0) is 29.8. The molecule has 0 unspecified atom stereocenters. The number of likely N-dealkylation sites (N-methyl/N-ethyl adjacent to an activating group) is 1. The third-order valence-electron chi connectivity index (χ3n) is 8.21. The molecule has 0 atom stereocenters. The number of hydrogen-bond donors (Lipinski definition) is 1. The Balaban J connectivity index is 1.30. The molecule has 0 bridgehead atoms. The number of ether oxygens (including phenoxy) is 1. The van der Waals surface area contributed by atoms with Crippen LogP contribution in [0.3, 0.4) is 0 Å². The van der Waals surface area contributed by atoms with Crippen molar-refractivity contribution in [2.75, 3.05) is 69.7 Å². The highest BCUT2D eigenvalue weighted by Gasteiger charge is 2.21. The molecule has 2 saturated heterocycles. The van der Waals surface area contributed by atoms with Crippen LogP contribution in [0, 0.1) is 11.3 Å². The lowest BCUT2D eigenvalue weighted by atomic mass is 10.1. The molecule has 2 aromatic carbocycles. The second-order valence-electron chi connectivity index (χ2n) is 11.2. The molecule has 0 radical (unpaired) electrons. The number of nitrogens with zero attached hydrogens (tertiary/aromatic N) is 7. The SMILES string of the molecule is CN1CCN(CCOc2cc3c(Nc4ccc(Sc5nccn5C)c(Cl)c4)c(C#N)cnc3cc2N2CCCCC2)CC1. The number of aryl methyl sites for hydroxylation is 1. The quantitative estimate of drug-likeness (QED) is 0.243. The van der Waals surface area contributed by atoms with Crippen molar-refractivity contribution in [2.45, 2.75) is 29.3 Å². The van der Waals surface area contributed by atoms with Crippen molar-refractivity contribution in [1.82, 2.24) is 24.3 Å². The van der Waals surface area contributed by atoms with Gasteiger partial charge in [0.15, 0.2) is 5.16 Å². The number of hydrogen-bond acceptors (Lipinski definition) is 9. The van der Waals surface area contributed by atoms with Gasteiger partial charge in [-0.3, -0.25) is 9.88 Å². The van der Waals surface area contributed by atoms with E-state index in [0.717, 1.165) is 83.9 Å². The van der Waals surface area contributed by atoms with Gasteiger partial charge in [-0.1, -0.05) is 23.4 Å². The van der Waals surface area contributed by atoms with E-state index < -0.39 is 0 Å². The fourth-order valence-electron chi connectivity index (χ4n) is 5.64. The van der Waals surface area contributed by atoms with Crippen molar-refractivity contribution >= 4 is 51.3 Å². The van der Waals surface area contributed by atoms with Gasteiger partial charge in [-0.25, -0.2) is 4.98 Å². The molecule has 2 aromatic heterocycles. The summed E-state index contributed by atoms with van der Waals surface area (Å²) >= 11 is 8.22. The van der Waals surface area contributed by atoms with Crippen LogP contribution in [0.15, 0.2) is 59.0 Å². The zero-order valence-corrected chi connectivity index (χ0v) is 26.3. The van der Waals surface area contributed by atoms with E-state index >= 15 is 0 Å². The first-order chi connectivity index (χ1) is 21.0. The van der Waals surface area contributed by atoms with Crippen LogP contribution in [0.2, 0.25) is 5.02 Å². The smallest absolute Gasteiger partial charge is 0.172 e. The van der Waals surface area contributed by atoms with Crippen LogP contribution < -0.4 is 15.0 Å². The van der Waals surface area contributed by atoms with Gasteiger partial charge in [0, 0.05) is 87.4 Å². The van der Waals surface area contributed by atoms with Crippen LogP contribution in [0.1, 0.15) is 24.8 Å². The second-order valence-corrected chi connectivity index (χ2v) is 12.6. The van der Waals surface area contributed by atoms with Crippen molar-refractivity contribution in [2.24, 2.45) is 7.05 Å². The first kappa shape index (κ1) is 29.6. The van der Waals surface area contributed by atoms with Crippen LogP contribution in [0.25, 0.3) is 10.9 Å². The summed E-state index contributed by atoms with van der Waals surface area (Å²) in [5, 5.41) is 15.8. The Morgan fingerprint density at radius 2 is 1.84 bits per heavy atom. The molecular weight excluding hydrogens is 580 g/mol. The number of aromatic nitrogens is 3. The molecule has 2 aliphatic heterocycles. The molecule has 1 N–H and O–H groups in total. The largest absolute Gasteiger partial charge is 0.490 e. The zero-order valence-electron chi connectivity index (χ0n) is 24.7. The van der Waals surface area contributed by atoms with Gasteiger partial charge in [-0.2, -0.15) is 5.26 Å². The molecule has 6 rings (SSSR count). The molecule has 2 fully saturated rings. The van der Waals surface area contributed by atoms with Crippen molar-refractivity contribution in [3.63, 3.8) is 0 Å². The summed E-state index contributed by atoms with van der Waals surface area (Å²) in [7, 11) is 4.13. The summed E-state index contributed by atoms with van der Waals surface area (Å²) in [6.07, 6.45) is 8.91. The molecule has 4 heterocycles. The lowest BCUT2D eigenvalue weighted by Gasteiger charge is -2.33. The van der Waals surface area contributed by atoms with E-state index in [1.165, 1.54) is 31.0 Å². The number of pyridine rings is 1. The van der Waals surface area contributed by atoms with Gasteiger partial charge in [-0.05, 0) is 56.6 Å². The van der Waals surface area contributed by atoms with Crippen molar-refractivity contribution < 1.29 is 4.74 Å². The van der Waals surface area contributed by atoms with E-state index in [-0.39, 0.29) is 0 Å². The minimum absolute atomic E-state index is 0.462. The van der Waals surface area contributed by atoms with Crippen LogP contribution in [-0.4, -0.2) is 83.8 Å². The predicted molar refractivity (Wildman–Crippen MR) is 174 cm³/mol. The van der Waals surface area contributed by atoms with E-state index in [2.05, 4.69) is 50.3 Å². The normalized spacial score (nSPS) is 16.4. The predicted octanol–water partition coefficient (Wildman–Crippen LogP) is 6.00. The number of piperidine rings is 1. The molecule has 9 nitrogen and oxygen atoms in total. The Bertz CT molecular complexity index is 1620. The monoisotopic (exact) mass is 616 g/mol. The summed E-state index contributed by atoms with van der Waals surface area (Å²) in [5.41, 5.74) is 3.84. The molecule has 0 amide bonds. The number of benzene rings is 2. The number of halogens is 1. The number of imidazole rings is 1. The van der Waals surface area contributed by atoms with Crippen LogP contribution >= 0.6 is 23.4 Å². The number of nitriles is 1. The first-order valence-corrected chi connectivity index (χ1v) is 16.0. The van der Waals surface area contributed by atoms with E-state index in [1.54, 1.807) is 12.4 Å². The average molecular weight is 617 g/mol. The third kappa shape index (κ3) is 6.86. The Hall–Kier alpha value is -3.49. The van der Waals surface area contributed by atoms with Gasteiger partial charge in [0.05, 0.1) is 27.5 Å². The second kappa shape index (κ2) is 13.4. The lowest BCUT2D eigenvalue weighted by Crippen LogP contribution is -2.45. The molecule has 2 aliphatic rings. The van der Waals surface area contributed by atoms with E-state index in [1.807, 2.05) is 36.0 Å². The van der Waals surface area contributed by atoms with E-state index in [0.29, 0.717) is 22.9 Å². The van der Waals surface area contributed by atoms with Crippen molar-refractivity contribution in [3.05, 3.63) is 59.5 Å². The van der Waals surface area contributed by atoms with Crippen LogP contribution in [0.5, 0.6) is 5.75 Å². The fourth-order valence-corrected chi connectivity index (χ4v) is 6.74. The molecule has 4 aromatic rings. The number of anilines is 3. The first-order valence-electron chi connectivity index (χ1n) is 14.9. The standard InChI is InChI=1S/C32H37ClN8OS/c1-38-12-14-40(15-13-38)16-17-42-29-19-25-27(20-28(29)41-9-4-3-5-10-41)36-22-23(21-34)31(25)37-24-6-7-30(26(33)18-24)43-32-35-8-11-39(32)2/h6-8,11,18-20,22H,3-5,9-10,12-17H2,1-2H3,(H,36,37). The van der Waals surface area contributed by atoms with Gasteiger partial charge in [0.25, 0.3) is 0 Å². The molecule has 0 saturated carbocycles. The minimum atomic E-state index is 0.462. The Morgan fingerprint density at radius 1 is 1.02 bits per heavy atom. The number of piperazine rings is 1. The molecule has 11 heteroatoms. The topological polar surface area (TPSA) is 85.5 Å². The Kier molecular flexibility index (Phi) is 9.24. The van der Waals surface area contributed by atoms with Gasteiger partial charge in [0.1, 0.15) is 18.4 Å². The summed E-state index contributed by atoms with van der Waals surface area (Å²) < 4.78 is 8.49. The molecular formula is C32H37ClN8OS. The molecule has 224 valence electrons. The van der Waals surface area contributed by atoms with E-state index in [9.17, 15) is 5.26 Å². The van der Waals surface area contributed by atoms with Gasteiger partial charge in [0.2, 0.25) is 0 Å². The maximum Gasteiger partial charge on any atom is 0.172 e. The number of rotatable bonds is 9. The minimum Gasteiger partial charge on any atom is -0.490 e. The van der Waals surface area contributed by atoms with Gasteiger partial charge < -0.3 is 24.4 Å². The summed E-state index contributed by atoms with van der Waals surface area (Å²) in [6.45, 7) is 7.77. The highest BCUT2D eigenvalue weighted by Crippen LogP contribution is 2.40. The fraction of sp³-hybridized carbons (Fsp3) is 0.406. The summed E-state index contributed by atoms with van der Waals surface area (Å²) in [5.74, 6) is 0.836.